The van der Waals surface area contributed by atoms with Gasteiger partial charge in [0.1, 0.15) is 0 Å². The number of piperazine rings is 1. The van der Waals surface area contributed by atoms with Gasteiger partial charge in [0.2, 0.25) is 5.91 Å². The fourth-order valence-electron chi connectivity index (χ4n) is 4.16. The summed E-state index contributed by atoms with van der Waals surface area (Å²) in [5.41, 5.74) is 0.672. The average Bonchev–Trinajstić information content (AvgIpc) is 2.67. The normalized spacial score (nSPS) is 24.7. The molecule has 8 nitrogen and oxygen atoms in total. The van der Waals surface area contributed by atoms with Gasteiger partial charge in [-0.15, -0.1) is 0 Å². The molecular weight excluding hydrogens is 346 g/mol. The van der Waals surface area contributed by atoms with Crippen molar-refractivity contribution >= 4 is 11.9 Å². The Morgan fingerprint density at radius 3 is 2.63 bits per heavy atom. The van der Waals surface area contributed by atoms with Crippen LogP contribution in [-0.4, -0.2) is 94.0 Å². The lowest BCUT2D eigenvalue weighted by atomic mass is 9.86. The van der Waals surface area contributed by atoms with E-state index in [1.54, 1.807) is 18.6 Å². The maximum atomic E-state index is 12.7. The van der Waals surface area contributed by atoms with E-state index in [-0.39, 0.29) is 24.7 Å². The molecule has 2 saturated heterocycles. The first kappa shape index (κ1) is 19.7. The Hall–Kier alpha value is -2.06. The van der Waals surface area contributed by atoms with Crippen molar-refractivity contribution in [3.63, 3.8) is 0 Å². The van der Waals surface area contributed by atoms with Crippen LogP contribution < -0.4 is 0 Å². The minimum absolute atomic E-state index is 0.0488. The molecule has 0 saturated carbocycles. The van der Waals surface area contributed by atoms with Crippen molar-refractivity contribution < 1.29 is 14.7 Å². The molecule has 0 radical (unpaired) electrons. The number of hydrogen-bond acceptors (Lipinski definition) is 6. The molecule has 27 heavy (non-hydrogen) atoms. The Morgan fingerprint density at radius 1 is 1.19 bits per heavy atom. The van der Waals surface area contributed by atoms with Gasteiger partial charge in [0.25, 0.3) is 0 Å². The third-order valence-corrected chi connectivity index (χ3v) is 5.73. The molecule has 8 heteroatoms. The number of hydrogen-bond donors (Lipinski definition) is 1. The summed E-state index contributed by atoms with van der Waals surface area (Å²) in [6, 6.07) is 0.360. The fraction of sp³-hybridized carbons (Fsp3) is 0.684. The molecule has 2 aliphatic rings. The lowest BCUT2D eigenvalue weighted by molar-refractivity contribution is -0.137. The van der Waals surface area contributed by atoms with Crippen LogP contribution in [0.15, 0.2) is 18.6 Å². The second-order valence-corrected chi connectivity index (χ2v) is 7.60. The van der Waals surface area contributed by atoms with Crippen LogP contribution in [0, 0.1) is 5.92 Å². The number of likely N-dealkylation sites (N-methyl/N-ethyl adjacent to an activating group) is 1. The number of rotatable bonds is 6. The van der Waals surface area contributed by atoms with Gasteiger partial charge in [-0.2, -0.15) is 0 Å². The highest BCUT2D eigenvalue weighted by molar-refractivity contribution is 5.78. The molecule has 1 N–H and O–H groups in total. The Bertz CT molecular complexity index is 633. The Morgan fingerprint density at radius 2 is 1.96 bits per heavy atom. The maximum Gasteiger partial charge on any atom is 0.303 e. The molecule has 1 aromatic rings. The molecule has 2 fully saturated rings. The molecule has 2 aliphatic heterocycles. The predicted molar refractivity (Wildman–Crippen MR) is 100 cm³/mol. The third-order valence-electron chi connectivity index (χ3n) is 5.73. The molecule has 0 spiro atoms. The van der Waals surface area contributed by atoms with Gasteiger partial charge in [0.05, 0.1) is 12.1 Å². The van der Waals surface area contributed by atoms with E-state index in [1.165, 1.54) is 0 Å². The van der Waals surface area contributed by atoms with Crippen molar-refractivity contribution in [2.75, 3.05) is 46.3 Å². The highest BCUT2D eigenvalue weighted by Gasteiger charge is 2.35. The Kier molecular flexibility index (Phi) is 6.73. The van der Waals surface area contributed by atoms with Crippen LogP contribution in [0.2, 0.25) is 0 Å². The predicted octanol–water partition coefficient (Wildman–Crippen LogP) is 0.348. The summed E-state index contributed by atoms with van der Waals surface area (Å²) >= 11 is 0. The van der Waals surface area contributed by atoms with Gasteiger partial charge in [0.15, 0.2) is 0 Å². The summed E-state index contributed by atoms with van der Waals surface area (Å²) in [6.07, 6.45) is 6.73. The van der Waals surface area contributed by atoms with E-state index < -0.39 is 5.97 Å². The van der Waals surface area contributed by atoms with Crippen LogP contribution in [0.5, 0.6) is 0 Å². The monoisotopic (exact) mass is 375 g/mol. The molecule has 0 bridgehead atoms. The summed E-state index contributed by atoms with van der Waals surface area (Å²) in [6.45, 7) is 5.45. The molecule has 3 heterocycles. The number of carbonyl (C=O) groups excluding carboxylic acids is 1. The van der Waals surface area contributed by atoms with Crippen LogP contribution in [-0.2, 0) is 16.0 Å². The molecule has 1 aromatic heterocycles. The molecule has 0 aliphatic carbocycles. The smallest absolute Gasteiger partial charge is 0.303 e. The highest BCUT2D eigenvalue weighted by Crippen LogP contribution is 2.27. The van der Waals surface area contributed by atoms with Gasteiger partial charge in [0, 0.05) is 70.3 Å². The fourth-order valence-corrected chi connectivity index (χ4v) is 4.16. The van der Waals surface area contributed by atoms with Crippen molar-refractivity contribution in [2.24, 2.45) is 5.92 Å². The van der Waals surface area contributed by atoms with Crippen LogP contribution >= 0.6 is 0 Å². The molecule has 148 valence electrons. The number of aliphatic carboxylic acids is 1. The lowest BCUT2D eigenvalue weighted by Crippen LogP contribution is -2.57. The number of aromatic nitrogens is 2. The number of nitrogens with zero attached hydrogens (tertiary/aromatic N) is 5. The molecule has 1 amide bonds. The summed E-state index contributed by atoms with van der Waals surface area (Å²) in [5, 5.41) is 9.13. The number of likely N-dealkylation sites (tertiary alicyclic amines) is 1. The zero-order valence-corrected chi connectivity index (χ0v) is 16.0. The molecule has 3 rings (SSSR count). The zero-order chi connectivity index (χ0) is 19.2. The van der Waals surface area contributed by atoms with Crippen LogP contribution in [0.1, 0.15) is 25.0 Å². The van der Waals surface area contributed by atoms with E-state index in [4.69, 9.17) is 5.11 Å². The summed E-state index contributed by atoms with van der Waals surface area (Å²) in [5.74, 6) is -0.521. The third kappa shape index (κ3) is 5.46. The largest absolute Gasteiger partial charge is 0.481 e. The first-order valence-electron chi connectivity index (χ1n) is 9.70. The molecule has 0 unspecified atom stereocenters. The van der Waals surface area contributed by atoms with Crippen molar-refractivity contribution in [3.8, 4) is 0 Å². The van der Waals surface area contributed by atoms with Crippen LogP contribution in [0.25, 0.3) is 0 Å². The number of carbonyl (C=O) groups is 2. The van der Waals surface area contributed by atoms with E-state index in [9.17, 15) is 9.59 Å². The highest BCUT2D eigenvalue weighted by atomic mass is 16.4. The van der Waals surface area contributed by atoms with E-state index in [0.29, 0.717) is 24.7 Å². The van der Waals surface area contributed by atoms with Gasteiger partial charge in [-0.3, -0.25) is 24.5 Å². The summed E-state index contributed by atoms with van der Waals surface area (Å²) in [4.78, 5) is 38.7. The van der Waals surface area contributed by atoms with E-state index >= 15 is 0 Å². The first-order valence-corrected chi connectivity index (χ1v) is 9.70. The number of carboxylic acids is 1. The number of amides is 1. The Balaban J connectivity index is 1.63. The van der Waals surface area contributed by atoms with Crippen LogP contribution in [0.3, 0.4) is 0 Å². The van der Waals surface area contributed by atoms with Crippen molar-refractivity contribution in [1.82, 2.24) is 24.7 Å². The topological polar surface area (TPSA) is 89.9 Å². The molecule has 2 atom stereocenters. The number of carboxylic acid groups (broad SMARTS) is 1. The Labute approximate surface area is 160 Å². The van der Waals surface area contributed by atoms with Gasteiger partial charge < -0.3 is 14.9 Å². The number of piperidine rings is 1. The second-order valence-electron chi connectivity index (χ2n) is 7.60. The lowest BCUT2D eigenvalue weighted by Gasteiger charge is -2.46. The van der Waals surface area contributed by atoms with Gasteiger partial charge in [-0.25, -0.2) is 0 Å². The van der Waals surface area contributed by atoms with Gasteiger partial charge >= 0.3 is 5.97 Å². The van der Waals surface area contributed by atoms with Crippen LogP contribution in [0.4, 0.5) is 0 Å². The summed E-state index contributed by atoms with van der Waals surface area (Å²) < 4.78 is 0. The quantitative estimate of drug-likeness (QED) is 0.767. The standard InChI is InChI=1S/C19H29N5O3/c1-22-8-10-23(11-9-22)17-4-7-24(14-15(17)2-3-19(26)27)18(25)12-16-13-20-5-6-21-16/h5-6,13,15,17H,2-4,7-12,14H2,1H3,(H,26,27)/t15-,17+/m1/s1. The SMILES string of the molecule is CN1CCN([C@H]2CCN(C(=O)Cc3cnccn3)C[C@H]2CCC(=O)O)CC1. The minimum atomic E-state index is -0.768. The van der Waals surface area contributed by atoms with E-state index in [1.807, 2.05) is 4.90 Å². The molecule has 0 aromatic carbocycles. The minimum Gasteiger partial charge on any atom is -0.481 e. The van der Waals surface area contributed by atoms with E-state index in [2.05, 4.69) is 26.8 Å². The average molecular weight is 375 g/mol. The second kappa shape index (κ2) is 9.23. The van der Waals surface area contributed by atoms with Gasteiger partial charge in [-0.1, -0.05) is 0 Å². The summed E-state index contributed by atoms with van der Waals surface area (Å²) in [7, 11) is 2.13. The van der Waals surface area contributed by atoms with Crippen molar-refractivity contribution in [3.05, 3.63) is 24.3 Å². The maximum absolute atomic E-state index is 12.7. The molecular formula is C19H29N5O3. The van der Waals surface area contributed by atoms with E-state index in [0.717, 1.165) is 39.1 Å². The zero-order valence-electron chi connectivity index (χ0n) is 16.0. The van der Waals surface area contributed by atoms with Crippen molar-refractivity contribution in [2.45, 2.75) is 31.7 Å². The first-order chi connectivity index (χ1) is 13.0. The van der Waals surface area contributed by atoms with Crippen molar-refractivity contribution in [1.29, 1.82) is 0 Å². The van der Waals surface area contributed by atoms with Gasteiger partial charge in [-0.05, 0) is 25.8 Å².